The molecule has 3 amide bonds. The van der Waals surface area contributed by atoms with Crippen molar-refractivity contribution in [2.75, 3.05) is 11.9 Å². The number of nitrogens with one attached hydrogen (secondary N) is 1. The van der Waals surface area contributed by atoms with E-state index in [9.17, 15) is 24.5 Å². The topological polar surface area (TPSA) is 110 Å². The Labute approximate surface area is 191 Å². The molecule has 2 aromatic rings. The van der Waals surface area contributed by atoms with Crippen LogP contribution in [0.3, 0.4) is 0 Å². The summed E-state index contributed by atoms with van der Waals surface area (Å²) in [6.07, 6.45) is 1.40. The fourth-order valence-electron chi connectivity index (χ4n) is 3.25. The molecule has 2 aromatic carbocycles. The van der Waals surface area contributed by atoms with Crippen molar-refractivity contribution in [3.63, 3.8) is 0 Å². The number of nitrogens with zero attached hydrogens (tertiary/aromatic N) is 2. The van der Waals surface area contributed by atoms with E-state index in [1.165, 1.54) is 18.2 Å². The van der Waals surface area contributed by atoms with E-state index < -0.39 is 28.5 Å². The zero-order valence-corrected chi connectivity index (χ0v) is 19.3. The van der Waals surface area contributed by atoms with Gasteiger partial charge in [0.1, 0.15) is 6.54 Å². The van der Waals surface area contributed by atoms with Crippen LogP contribution in [0.25, 0.3) is 6.08 Å². The van der Waals surface area contributed by atoms with Crippen LogP contribution >= 0.6 is 27.7 Å². The highest BCUT2D eigenvalue weighted by atomic mass is 79.9. The van der Waals surface area contributed by atoms with E-state index >= 15 is 0 Å². The van der Waals surface area contributed by atoms with Gasteiger partial charge in [-0.2, -0.15) is 0 Å². The van der Waals surface area contributed by atoms with Crippen molar-refractivity contribution in [2.24, 2.45) is 0 Å². The molecular weight excluding hydrogens is 486 g/mol. The number of imide groups is 1. The maximum atomic E-state index is 12.7. The quantitative estimate of drug-likeness (QED) is 0.350. The van der Waals surface area contributed by atoms with Gasteiger partial charge in [0.25, 0.3) is 16.8 Å². The number of benzene rings is 2. The number of nitro benzene ring substituents is 1. The first-order valence-corrected chi connectivity index (χ1v) is 10.7. The first-order chi connectivity index (χ1) is 14.6. The van der Waals surface area contributed by atoms with Crippen LogP contribution in [-0.2, 0) is 9.59 Å². The molecule has 0 aliphatic carbocycles. The zero-order valence-electron chi connectivity index (χ0n) is 16.9. The van der Waals surface area contributed by atoms with Crippen molar-refractivity contribution < 1.29 is 19.3 Å². The van der Waals surface area contributed by atoms with E-state index in [-0.39, 0.29) is 10.6 Å². The molecule has 160 valence electrons. The minimum absolute atomic E-state index is 0.0946. The van der Waals surface area contributed by atoms with Crippen molar-refractivity contribution in [1.82, 2.24) is 4.90 Å². The van der Waals surface area contributed by atoms with Crippen molar-refractivity contribution in [2.45, 2.75) is 20.8 Å². The van der Waals surface area contributed by atoms with Gasteiger partial charge in [-0.15, -0.1) is 0 Å². The average Bonchev–Trinajstić information content (AvgIpc) is 2.93. The third-order valence-corrected chi connectivity index (χ3v) is 6.16. The third kappa shape index (κ3) is 5.02. The molecule has 3 rings (SSSR count). The molecule has 31 heavy (non-hydrogen) atoms. The lowest BCUT2D eigenvalue weighted by Crippen LogP contribution is -2.36. The van der Waals surface area contributed by atoms with Gasteiger partial charge in [-0.1, -0.05) is 23.8 Å². The summed E-state index contributed by atoms with van der Waals surface area (Å²) in [5.74, 6) is -1.11. The molecule has 8 nitrogen and oxygen atoms in total. The number of anilines is 1. The van der Waals surface area contributed by atoms with Gasteiger partial charge in [-0.05, 0) is 77.3 Å². The Kier molecular flexibility index (Phi) is 6.61. The number of aryl methyl sites for hydroxylation is 3. The number of hydrogen-bond donors (Lipinski definition) is 1. The summed E-state index contributed by atoms with van der Waals surface area (Å²) >= 11 is 3.79. The van der Waals surface area contributed by atoms with E-state index in [1.807, 2.05) is 32.9 Å². The van der Waals surface area contributed by atoms with Crippen LogP contribution in [0.2, 0.25) is 0 Å². The van der Waals surface area contributed by atoms with Crippen LogP contribution in [-0.4, -0.2) is 33.4 Å². The largest absolute Gasteiger partial charge is 0.324 e. The van der Waals surface area contributed by atoms with Crippen molar-refractivity contribution in [1.29, 1.82) is 0 Å². The molecule has 10 heteroatoms. The molecule has 0 bridgehead atoms. The van der Waals surface area contributed by atoms with Crippen LogP contribution in [0.5, 0.6) is 0 Å². The smallest absolute Gasteiger partial charge is 0.294 e. The van der Waals surface area contributed by atoms with Gasteiger partial charge in [0.2, 0.25) is 5.91 Å². The lowest BCUT2D eigenvalue weighted by Gasteiger charge is -2.15. The molecule has 1 aliphatic rings. The molecule has 0 saturated carbocycles. The molecule has 1 fully saturated rings. The molecule has 1 saturated heterocycles. The predicted molar refractivity (Wildman–Crippen MR) is 123 cm³/mol. The second-order valence-electron chi connectivity index (χ2n) is 7.06. The number of halogens is 1. The lowest BCUT2D eigenvalue weighted by molar-refractivity contribution is -0.385. The highest BCUT2D eigenvalue weighted by molar-refractivity contribution is 9.10. The van der Waals surface area contributed by atoms with Gasteiger partial charge in [0.05, 0.1) is 14.3 Å². The second-order valence-corrected chi connectivity index (χ2v) is 8.91. The standard InChI is InChI=1S/C21H18BrN3O5S/c1-11-6-12(2)19(13(3)7-11)23-18(26)10-24-20(27)17(31-21(24)28)9-14-4-5-15(22)16(8-14)25(29)30/h4-9H,10H2,1-3H3,(H,23,26)/b17-9-. The highest BCUT2D eigenvalue weighted by Crippen LogP contribution is 2.34. The number of carbonyl (C=O) groups is 3. The Balaban J connectivity index is 1.76. The third-order valence-electron chi connectivity index (χ3n) is 4.58. The summed E-state index contributed by atoms with van der Waals surface area (Å²) in [4.78, 5) is 49.0. The van der Waals surface area contributed by atoms with Crippen LogP contribution < -0.4 is 5.32 Å². The number of carbonyl (C=O) groups excluding carboxylic acids is 3. The Bertz CT molecular complexity index is 1140. The van der Waals surface area contributed by atoms with E-state index in [0.29, 0.717) is 27.5 Å². The molecule has 0 spiro atoms. The number of thioether (sulfide) groups is 1. The molecular formula is C21H18BrN3O5S. The number of nitro groups is 1. The number of rotatable bonds is 5. The van der Waals surface area contributed by atoms with Crippen molar-refractivity contribution >= 4 is 62.2 Å². The Morgan fingerprint density at radius 2 is 1.84 bits per heavy atom. The molecule has 1 heterocycles. The fourth-order valence-corrected chi connectivity index (χ4v) is 4.48. The van der Waals surface area contributed by atoms with Crippen LogP contribution in [0, 0.1) is 30.9 Å². The molecule has 0 radical (unpaired) electrons. The fraction of sp³-hybridized carbons (Fsp3) is 0.190. The maximum absolute atomic E-state index is 12.7. The van der Waals surface area contributed by atoms with Gasteiger partial charge in [-0.25, -0.2) is 0 Å². The normalized spacial score (nSPS) is 15.0. The van der Waals surface area contributed by atoms with Gasteiger partial charge in [-0.3, -0.25) is 29.4 Å². The summed E-state index contributed by atoms with van der Waals surface area (Å²) < 4.78 is 0.307. The summed E-state index contributed by atoms with van der Waals surface area (Å²) in [5.41, 5.74) is 3.73. The van der Waals surface area contributed by atoms with Gasteiger partial charge in [0, 0.05) is 11.8 Å². The van der Waals surface area contributed by atoms with E-state index in [2.05, 4.69) is 21.2 Å². The summed E-state index contributed by atoms with van der Waals surface area (Å²) in [7, 11) is 0. The van der Waals surface area contributed by atoms with E-state index in [1.54, 1.807) is 6.07 Å². The Morgan fingerprint density at radius 1 is 1.19 bits per heavy atom. The highest BCUT2D eigenvalue weighted by Gasteiger charge is 2.36. The molecule has 1 aliphatic heterocycles. The summed E-state index contributed by atoms with van der Waals surface area (Å²) in [5, 5.41) is 13.3. The van der Waals surface area contributed by atoms with Crippen molar-refractivity contribution in [3.05, 3.63) is 72.1 Å². The SMILES string of the molecule is Cc1cc(C)c(NC(=O)CN2C(=O)S/C(=C\c3ccc(Br)c([N+](=O)[O-])c3)C2=O)c(C)c1. The summed E-state index contributed by atoms with van der Waals surface area (Å²) in [6, 6.07) is 8.24. The van der Waals surface area contributed by atoms with Crippen LogP contribution in [0.1, 0.15) is 22.3 Å². The minimum atomic E-state index is -0.618. The molecule has 0 atom stereocenters. The van der Waals surface area contributed by atoms with Gasteiger partial charge in [0.15, 0.2) is 0 Å². The Morgan fingerprint density at radius 3 is 2.45 bits per heavy atom. The van der Waals surface area contributed by atoms with Gasteiger partial charge >= 0.3 is 0 Å². The summed E-state index contributed by atoms with van der Waals surface area (Å²) in [6.45, 7) is 5.28. The lowest BCUT2D eigenvalue weighted by atomic mass is 10.1. The van der Waals surface area contributed by atoms with Gasteiger partial charge < -0.3 is 5.32 Å². The molecule has 1 N–H and O–H groups in total. The minimum Gasteiger partial charge on any atom is -0.324 e. The second kappa shape index (κ2) is 9.03. The van der Waals surface area contributed by atoms with E-state index in [4.69, 9.17) is 0 Å². The first kappa shape index (κ1) is 22.7. The number of hydrogen-bond acceptors (Lipinski definition) is 6. The van der Waals surface area contributed by atoms with Crippen LogP contribution in [0.15, 0.2) is 39.7 Å². The molecule has 0 aromatic heterocycles. The first-order valence-electron chi connectivity index (χ1n) is 9.14. The monoisotopic (exact) mass is 503 g/mol. The maximum Gasteiger partial charge on any atom is 0.294 e. The van der Waals surface area contributed by atoms with Crippen LogP contribution in [0.4, 0.5) is 16.2 Å². The Hall–Kier alpha value is -2.98. The van der Waals surface area contributed by atoms with E-state index in [0.717, 1.165) is 21.6 Å². The average molecular weight is 504 g/mol. The molecule has 0 unspecified atom stereocenters. The predicted octanol–water partition coefficient (Wildman–Crippen LogP) is 4.96. The zero-order chi connectivity index (χ0) is 22.9. The number of amides is 3. The van der Waals surface area contributed by atoms with Crippen molar-refractivity contribution in [3.8, 4) is 0 Å².